The molecule has 8 fully saturated rings. The molecule has 8 aliphatic rings. The smallest absolute Gasteiger partial charge is 0.339 e. The number of aliphatic hydroxyl groups is 2. The van der Waals surface area contributed by atoms with Gasteiger partial charge < -0.3 is 44.2 Å². The Balaban J connectivity index is 1.05. The van der Waals surface area contributed by atoms with Crippen LogP contribution in [-0.4, -0.2) is 89.9 Å². The van der Waals surface area contributed by atoms with Crippen molar-refractivity contribution in [3.8, 4) is 0 Å². The van der Waals surface area contributed by atoms with E-state index in [2.05, 4.69) is 41.8 Å². The van der Waals surface area contributed by atoms with E-state index in [1.165, 1.54) is 5.56 Å². The maximum atomic E-state index is 15.5. The first kappa shape index (κ1) is 40.9. The molecule has 10 rings (SSSR count). The molecular weight excluding hydrogens is 765 g/mol. The highest BCUT2D eigenvalue weighted by atomic mass is 16.7. The van der Waals surface area contributed by atoms with Gasteiger partial charge in [0.05, 0.1) is 30.3 Å². The summed E-state index contributed by atoms with van der Waals surface area (Å²) in [5.41, 5.74) is -3.12. The number of carbonyl (C=O) groups excluding carboxylic acids is 3. The van der Waals surface area contributed by atoms with Crippen molar-refractivity contribution in [2.75, 3.05) is 26.4 Å². The summed E-state index contributed by atoms with van der Waals surface area (Å²) in [6.07, 6.45) is 7.95. The summed E-state index contributed by atoms with van der Waals surface area (Å²) in [6, 6.07) is 12.9. The van der Waals surface area contributed by atoms with Gasteiger partial charge in [0.2, 0.25) is 0 Å². The monoisotopic (exact) mass is 828 g/mol. The third kappa shape index (κ3) is 5.86. The lowest BCUT2D eigenvalue weighted by Crippen LogP contribution is -2.79. The van der Waals surface area contributed by atoms with Crippen LogP contribution in [0.5, 0.6) is 0 Å². The number of hydrogen-bond acceptors (Lipinski definition) is 12. The normalized spacial score (nSPS) is 43.1. The van der Waals surface area contributed by atoms with E-state index >= 15 is 4.79 Å². The van der Waals surface area contributed by atoms with Crippen molar-refractivity contribution in [3.63, 3.8) is 0 Å². The average molecular weight is 829 g/mol. The number of fused-ring (bicyclic) bond motifs is 1. The van der Waals surface area contributed by atoms with Crippen molar-refractivity contribution in [1.82, 2.24) is 10.6 Å². The van der Waals surface area contributed by atoms with Crippen LogP contribution >= 0.6 is 0 Å². The lowest BCUT2D eigenvalue weighted by Gasteiger charge is -2.70. The summed E-state index contributed by atoms with van der Waals surface area (Å²) in [5.74, 6) is -1.39. The second kappa shape index (κ2) is 15.0. The zero-order valence-electron chi connectivity index (χ0n) is 35.5. The van der Waals surface area contributed by atoms with Gasteiger partial charge in [-0.2, -0.15) is 0 Å². The Labute approximate surface area is 353 Å². The number of ketones is 1. The Bertz CT molecular complexity index is 1960. The fourth-order valence-corrected chi connectivity index (χ4v) is 15.1. The molecule has 5 aliphatic heterocycles. The Morgan fingerprint density at radius 3 is 2.60 bits per heavy atom. The summed E-state index contributed by atoms with van der Waals surface area (Å²) in [6.45, 7) is 7.84. The molecule has 60 heavy (non-hydrogen) atoms. The van der Waals surface area contributed by atoms with E-state index in [0.717, 1.165) is 76.6 Å². The number of nitrogens with one attached hydrogen (secondary N) is 2. The van der Waals surface area contributed by atoms with Crippen molar-refractivity contribution in [2.24, 2.45) is 45.8 Å². The molecule has 1 aromatic heterocycles. The molecule has 14 atom stereocenters. The van der Waals surface area contributed by atoms with Crippen LogP contribution in [-0.2, 0) is 46.2 Å². The maximum absolute atomic E-state index is 15.5. The fourth-order valence-electron chi connectivity index (χ4n) is 15.1. The van der Waals surface area contributed by atoms with Gasteiger partial charge in [-0.1, -0.05) is 62.9 Å². The minimum atomic E-state index is -1.44. The maximum Gasteiger partial charge on any atom is 0.339 e. The molecule has 0 amide bonds. The molecule has 0 bridgehead atoms. The molecular formula is C48H64N2O10. The number of furan rings is 1. The van der Waals surface area contributed by atoms with Gasteiger partial charge in [0.1, 0.15) is 30.2 Å². The molecule has 6 heterocycles. The van der Waals surface area contributed by atoms with E-state index in [4.69, 9.17) is 23.4 Å². The summed E-state index contributed by atoms with van der Waals surface area (Å²) >= 11 is 0. The van der Waals surface area contributed by atoms with Crippen LogP contribution in [0.1, 0.15) is 114 Å². The second-order valence-electron chi connectivity index (χ2n) is 20.7. The zero-order valence-corrected chi connectivity index (χ0v) is 35.5. The van der Waals surface area contributed by atoms with Crippen molar-refractivity contribution < 1.29 is 48.0 Å². The minimum Gasteiger partial charge on any atom is -0.469 e. The Hall–Kier alpha value is -3.13. The van der Waals surface area contributed by atoms with Crippen molar-refractivity contribution in [1.29, 1.82) is 0 Å². The molecule has 2 aromatic rings. The summed E-state index contributed by atoms with van der Waals surface area (Å²) in [5, 5.41) is 30.7. The van der Waals surface area contributed by atoms with E-state index in [-0.39, 0.29) is 49.1 Å². The molecule has 326 valence electrons. The van der Waals surface area contributed by atoms with Crippen LogP contribution in [0.15, 0.2) is 47.1 Å². The molecule has 12 heteroatoms. The van der Waals surface area contributed by atoms with E-state index in [1.54, 1.807) is 6.26 Å². The van der Waals surface area contributed by atoms with Gasteiger partial charge in [0, 0.05) is 54.1 Å². The summed E-state index contributed by atoms with van der Waals surface area (Å²) in [7, 11) is 0. The Kier molecular flexibility index (Phi) is 10.2. The highest BCUT2D eigenvalue weighted by Gasteiger charge is 2.92. The van der Waals surface area contributed by atoms with Crippen LogP contribution < -0.4 is 10.6 Å². The first-order chi connectivity index (χ1) is 28.9. The molecule has 0 radical (unpaired) electrons. The molecule has 2 spiro atoms. The van der Waals surface area contributed by atoms with E-state index in [9.17, 15) is 19.8 Å². The van der Waals surface area contributed by atoms with Gasteiger partial charge in [0.15, 0.2) is 11.9 Å². The summed E-state index contributed by atoms with van der Waals surface area (Å²) in [4.78, 5) is 43.1. The Morgan fingerprint density at radius 1 is 0.983 bits per heavy atom. The molecule has 5 saturated heterocycles. The third-order valence-corrected chi connectivity index (χ3v) is 17.4. The number of benzene rings is 1. The first-order valence-electron chi connectivity index (χ1n) is 23.0. The fraction of sp³-hybridized carbons (Fsp3) is 0.729. The van der Waals surface area contributed by atoms with Crippen molar-refractivity contribution in [2.45, 2.75) is 146 Å². The number of esters is 2. The van der Waals surface area contributed by atoms with E-state index in [0.29, 0.717) is 37.0 Å². The van der Waals surface area contributed by atoms with Crippen LogP contribution in [0.4, 0.5) is 0 Å². The molecule has 1 aromatic carbocycles. The molecule has 3 aliphatic carbocycles. The topological polar surface area (TPSA) is 169 Å². The first-order valence-corrected chi connectivity index (χ1v) is 23.0. The van der Waals surface area contributed by atoms with Gasteiger partial charge in [-0.25, -0.2) is 4.79 Å². The number of unbranched alkanes of at least 4 members (excludes halogenated alkanes) is 1. The number of rotatable bonds is 12. The molecule has 0 unspecified atom stereocenters. The molecule has 4 N–H and O–H groups in total. The predicted molar refractivity (Wildman–Crippen MR) is 218 cm³/mol. The number of aliphatic hydroxyl groups excluding tert-OH is 2. The average Bonchev–Trinajstić information content (AvgIpc) is 3.47. The van der Waals surface area contributed by atoms with Gasteiger partial charge in [-0.15, -0.1) is 0 Å². The van der Waals surface area contributed by atoms with Gasteiger partial charge in [-0.05, 0) is 94.1 Å². The number of cyclic esters (lactones) is 2. The van der Waals surface area contributed by atoms with E-state index < -0.39 is 63.8 Å². The second-order valence-corrected chi connectivity index (χ2v) is 20.7. The van der Waals surface area contributed by atoms with Crippen molar-refractivity contribution >= 4 is 17.7 Å². The van der Waals surface area contributed by atoms with Crippen LogP contribution in [0.3, 0.4) is 0 Å². The number of carbonyl (C=O) groups is 3. The number of Topliss-reactive ketones (excluding diaryl/α,β-unsaturated/α-hetero) is 1. The lowest BCUT2D eigenvalue weighted by molar-refractivity contribution is -0.276. The highest BCUT2D eigenvalue weighted by molar-refractivity contribution is 5.92. The third-order valence-electron chi connectivity index (χ3n) is 17.4. The minimum absolute atomic E-state index is 0.0125. The number of hydrogen-bond donors (Lipinski definition) is 4. The largest absolute Gasteiger partial charge is 0.469 e. The number of epoxide rings is 1. The van der Waals surface area contributed by atoms with Gasteiger partial charge >= 0.3 is 11.9 Å². The van der Waals surface area contributed by atoms with E-state index in [1.807, 2.05) is 26.0 Å². The lowest BCUT2D eigenvalue weighted by atomic mass is 9.32. The molecule has 12 nitrogen and oxygen atoms in total. The summed E-state index contributed by atoms with van der Waals surface area (Å²) < 4.78 is 32.6. The zero-order chi connectivity index (χ0) is 41.7. The standard InChI is InChI=1S/C48H64N2O10/c1-44(2)39-38(53)40(54)47(31-14-9-13-29(21-31)20-28-10-5-4-6-11-28)35(46(39)26-57-37(52)23-36(46)59-44)16-18-45(3)41(58-43(55)42-48(45,47)60-42)33-17-19-56-34(33)22-30(25-51)12-7-8-15-32-24-49-27-50-32/h4-6,10-11,17,19,29-32,35-36,39-42,49-51,54H,7-9,12-16,18,20-27H2,1-3H3/t29-,30-,31+,32-,35-,36+,39-,40-,41+,42-,45+,46+,47+,48-/m1/s1. The van der Waals surface area contributed by atoms with Gasteiger partial charge in [0.25, 0.3) is 0 Å². The van der Waals surface area contributed by atoms with Gasteiger partial charge in [-0.3, -0.25) is 9.59 Å². The molecule has 3 saturated carbocycles. The van der Waals surface area contributed by atoms with Crippen LogP contribution in [0.25, 0.3) is 0 Å². The predicted octanol–water partition coefficient (Wildman–Crippen LogP) is 5.37. The Morgan fingerprint density at radius 2 is 1.82 bits per heavy atom. The van der Waals surface area contributed by atoms with Crippen LogP contribution in [0, 0.1) is 45.8 Å². The van der Waals surface area contributed by atoms with Crippen molar-refractivity contribution in [3.05, 3.63) is 59.5 Å². The van der Waals surface area contributed by atoms with Crippen LogP contribution in [0.2, 0.25) is 0 Å². The number of ether oxygens (including phenoxy) is 4. The SMILES string of the molecule is CC1(C)O[C@H]2CC(=O)OC[C@@]23[C@@H]1C(=O)[C@@H](O)[C@]1([C@H]2CCC[C@H](Cc4ccccc4)C2)[C@@H]3CC[C@@]2(C)[C@H](c3ccoc3C[C@H](CO)CCCC[C@@H]3CNCN3)OC(=O)[C@H]3O[C@@]312. The highest BCUT2D eigenvalue weighted by Crippen LogP contribution is 2.82. The quantitative estimate of drug-likeness (QED) is 0.123.